The van der Waals surface area contributed by atoms with Gasteiger partial charge in [0.2, 0.25) is 0 Å². The van der Waals surface area contributed by atoms with Crippen molar-refractivity contribution < 1.29 is 19.4 Å². The van der Waals surface area contributed by atoms with Crippen LogP contribution in [0.25, 0.3) is 0 Å². The minimum atomic E-state index is -1.18. The Hall–Kier alpha value is -2.47. The average Bonchev–Trinajstić information content (AvgIpc) is 3.23. The Morgan fingerprint density at radius 2 is 2.18 bits per heavy atom. The van der Waals surface area contributed by atoms with Crippen LogP contribution >= 0.6 is 0 Å². The van der Waals surface area contributed by atoms with Gasteiger partial charge in [-0.25, -0.2) is 4.99 Å². The number of guanidine groups is 1. The highest BCUT2D eigenvalue weighted by Crippen LogP contribution is 2.63. The van der Waals surface area contributed by atoms with E-state index in [-0.39, 0.29) is 36.4 Å². The number of aliphatic hydroxyl groups is 1. The van der Waals surface area contributed by atoms with Crippen molar-refractivity contribution >= 4 is 11.9 Å². The van der Waals surface area contributed by atoms with Gasteiger partial charge in [-0.3, -0.25) is 9.69 Å². The van der Waals surface area contributed by atoms with Crippen LogP contribution in [-0.2, 0) is 26.2 Å². The van der Waals surface area contributed by atoms with Crippen LogP contribution in [0.15, 0.2) is 23.2 Å². The third-order valence-electron chi connectivity index (χ3n) is 8.27. The molecule has 1 aromatic rings. The van der Waals surface area contributed by atoms with Gasteiger partial charge in [-0.1, -0.05) is 26.3 Å². The number of benzene rings is 1. The maximum atomic E-state index is 14.3. The zero-order valence-corrected chi connectivity index (χ0v) is 19.3. The number of fused-ring (bicyclic) bond motifs is 3. The Bertz CT molecular complexity index is 1030. The van der Waals surface area contributed by atoms with Crippen LogP contribution in [0, 0.1) is 28.6 Å². The van der Waals surface area contributed by atoms with Gasteiger partial charge in [0, 0.05) is 5.41 Å². The first kappa shape index (κ1) is 22.3. The maximum absolute atomic E-state index is 14.3. The van der Waals surface area contributed by atoms with Crippen molar-refractivity contribution in [2.75, 3.05) is 26.4 Å². The van der Waals surface area contributed by atoms with Crippen molar-refractivity contribution in [1.29, 1.82) is 5.26 Å². The molecule has 0 radical (unpaired) electrons. The van der Waals surface area contributed by atoms with Gasteiger partial charge in [-0.2, -0.15) is 5.26 Å². The molecule has 0 aromatic heterocycles. The first-order chi connectivity index (χ1) is 15.8. The number of ether oxygens (including phenoxy) is 2. The van der Waals surface area contributed by atoms with E-state index in [2.05, 4.69) is 19.9 Å². The Labute approximate surface area is 194 Å². The second kappa shape index (κ2) is 8.08. The number of aliphatic hydroxyl groups excluding tert-OH is 1. The second-order valence-corrected chi connectivity index (χ2v) is 10.1. The summed E-state index contributed by atoms with van der Waals surface area (Å²) in [6, 6.07) is 7.80. The van der Waals surface area contributed by atoms with Gasteiger partial charge in [-0.15, -0.1) is 0 Å². The highest BCUT2D eigenvalue weighted by molar-refractivity contribution is 6.08. The molecule has 8 nitrogen and oxygen atoms in total. The molecule has 2 spiro atoms. The minimum absolute atomic E-state index is 0.0266. The van der Waals surface area contributed by atoms with E-state index in [0.29, 0.717) is 44.6 Å². The summed E-state index contributed by atoms with van der Waals surface area (Å²) in [5.41, 5.74) is 7.08. The summed E-state index contributed by atoms with van der Waals surface area (Å²) >= 11 is 0. The van der Waals surface area contributed by atoms with Crippen molar-refractivity contribution in [1.82, 2.24) is 4.90 Å². The third kappa shape index (κ3) is 3.21. The van der Waals surface area contributed by atoms with Gasteiger partial charge in [0.25, 0.3) is 5.91 Å². The molecule has 1 aromatic carbocycles. The van der Waals surface area contributed by atoms with Crippen LogP contribution in [0.1, 0.15) is 49.8 Å². The average molecular weight is 453 g/mol. The number of hydrogen-bond donors (Lipinski definition) is 2. The summed E-state index contributed by atoms with van der Waals surface area (Å²) in [7, 11) is 0. The fourth-order valence-electron chi connectivity index (χ4n) is 6.77. The van der Waals surface area contributed by atoms with Crippen molar-refractivity contribution in [2.24, 2.45) is 28.0 Å². The van der Waals surface area contributed by atoms with Gasteiger partial charge in [0.05, 0.1) is 50.2 Å². The predicted octanol–water partition coefficient (Wildman–Crippen LogP) is 1.69. The number of nitrogens with two attached hydrogens (primary N) is 1. The fourth-order valence-corrected chi connectivity index (χ4v) is 6.77. The van der Waals surface area contributed by atoms with E-state index < -0.39 is 17.1 Å². The van der Waals surface area contributed by atoms with Crippen LogP contribution in [0.4, 0.5) is 0 Å². The summed E-state index contributed by atoms with van der Waals surface area (Å²) in [6.07, 6.45) is 2.20. The quantitative estimate of drug-likeness (QED) is 0.720. The lowest BCUT2D eigenvalue weighted by molar-refractivity contribution is -0.145. The Morgan fingerprint density at radius 1 is 1.36 bits per heavy atom. The SMILES string of the molecule is CC[C@@H]1C[C@@]2(Cc3ccc(C#N)cc3[C@]23N=C(N)N(CC2COCCO2)C3=O)C[C@H](C)[C@H]1O. The molecule has 2 aliphatic heterocycles. The van der Waals surface area contributed by atoms with Gasteiger partial charge in [0.1, 0.15) is 0 Å². The number of carbonyl (C=O) groups excluding carboxylic acids is 1. The van der Waals surface area contributed by atoms with Crippen LogP contribution in [0.2, 0.25) is 0 Å². The molecule has 3 N–H and O–H groups in total. The number of hydrogen-bond acceptors (Lipinski definition) is 7. The first-order valence-corrected chi connectivity index (χ1v) is 11.9. The van der Waals surface area contributed by atoms with Gasteiger partial charge in [-0.05, 0) is 54.4 Å². The lowest BCUT2D eigenvalue weighted by Gasteiger charge is -2.50. The topological polar surface area (TPSA) is 121 Å². The Balaban J connectivity index is 1.62. The number of carbonyl (C=O) groups is 1. The molecular weight excluding hydrogens is 420 g/mol. The lowest BCUT2D eigenvalue weighted by atomic mass is 9.56. The van der Waals surface area contributed by atoms with Crippen LogP contribution < -0.4 is 5.73 Å². The fraction of sp³-hybridized carbons (Fsp3) is 0.640. The van der Waals surface area contributed by atoms with Crippen molar-refractivity contribution in [2.45, 2.75) is 57.3 Å². The van der Waals surface area contributed by atoms with Crippen LogP contribution in [-0.4, -0.2) is 60.4 Å². The molecule has 2 aliphatic carbocycles. The third-order valence-corrected chi connectivity index (χ3v) is 8.27. The summed E-state index contributed by atoms with van der Waals surface area (Å²) < 4.78 is 11.3. The van der Waals surface area contributed by atoms with E-state index in [4.69, 9.17) is 20.2 Å². The Morgan fingerprint density at radius 3 is 2.88 bits per heavy atom. The summed E-state index contributed by atoms with van der Waals surface area (Å²) in [4.78, 5) is 20.8. The van der Waals surface area contributed by atoms with Gasteiger partial charge in [0.15, 0.2) is 11.5 Å². The van der Waals surface area contributed by atoms with Crippen LogP contribution in [0.5, 0.6) is 0 Å². The molecular formula is C25H32N4O4. The maximum Gasteiger partial charge on any atom is 0.262 e. The van der Waals surface area contributed by atoms with E-state index in [1.165, 1.54) is 0 Å². The monoisotopic (exact) mass is 452 g/mol. The number of amides is 1. The highest BCUT2D eigenvalue weighted by Gasteiger charge is 2.68. The zero-order chi connectivity index (χ0) is 23.4. The molecule has 1 saturated carbocycles. The molecule has 33 heavy (non-hydrogen) atoms. The second-order valence-electron chi connectivity index (χ2n) is 10.1. The van der Waals surface area contributed by atoms with Crippen LogP contribution in [0.3, 0.4) is 0 Å². The van der Waals surface area contributed by atoms with E-state index in [0.717, 1.165) is 17.5 Å². The largest absolute Gasteiger partial charge is 0.393 e. The van der Waals surface area contributed by atoms with Crippen molar-refractivity contribution in [3.8, 4) is 6.07 Å². The molecule has 2 fully saturated rings. The standard InChI is InChI=1S/C25H32N4O4/c1-3-17-10-24(9-15(2)21(17)30)11-18-5-4-16(12-26)8-20(18)25(24)22(31)29(23(27)28-25)13-19-14-32-6-7-33-19/h4-5,8,15,17,19,21,30H,3,6-7,9-11,13-14H2,1-2H3,(H2,27,28)/t15-,17+,19?,21+,24+,25+/m0/s1. The number of aliphatic imine (C=N–C) groups is 1. The Kier molecular flexibility index (Phi) is 5.47. The molecule has 8 heteroatoms. The predicted molar refractivity (Wildman–Crippen MR) is 121 cm³/mol. The van der Waals surface area contributed by atoms with E-state index in [1.807, 2.05) is 12.1 Å². The van der Waals surface area contributed by atoms with E-state index in [1.54, 1.807) is 11.0 Å². The molecule has 176 valence electrons. The molecule has 6 atom stereocenters. The molecule has 2 heterocycles. The smallest absolute Gasteiger partial charge is 0.262 e. The summed E-state index contributed by atoms with van der Waals surface area (Å²) in [5, 5.41) is 20.4. The summed E-state index contributed by atoms with van der Waals surface area (Å²) in [6.45, 7) is 5.87. The molecule has 1 saturated heterocycles. The highest BCUT2D eigenvalue weighted by atomic mass is 16.6. The molecule has 1 amide bonds. The van der Waals surface area contributed by atoms with E-state index in [9.17, 15) is 15.2 Å². The minimum Gasteiger partial charge on any atom is -0.393 e. The van der Waals surface area contributed by atoms with Crippen molar-refractivity contribution in [3.05, 3.63) is 34.9 Å². The lowest BCUT2D eigenvalue weighted by Crippen LogP contribution is -2.56. The first-order valence-electron chi connectivity index (χ1n) is 11.9. The van der Waals surface area contributed by atoms with Gasteiger partial charge >= 0.3 is 0 Å². The number of nitriles is 1. The van der Waals surface area contributed by atoms with E-state index >= 15 is 0 Å². The normalized spacial score (nSPS) is 37.9. The number of nitrogens with zero attached hydrogens (tertiary/aromatic N) is 3. The molecule has 1 unspecified atom stereocenters. The summed E-state index contributed by atoms with van der Waals surface area (Å²) in [5.74, 6) is 0.138. The molecule has 5 rings (SSSR count). The molecule has 0 bridgehead atoms. The van der Waals surface area contributed by atoms with Gasteiger partial charge < -0.3 is 20.3 Å². The number of rotatable bonds is 3. The van der Waals surface area contributed by atoms with Crippen molar-refractivity contribution in [3.63, 3.8) is 0 Å². The zero-order valence-electron chi connectivity index (χ0n) is 19.3. The molecule has 4 aliphatic rings.